The molecule has 12 heteroatoms. The van der Waals surface area contributed by atoms with Gasteiger partial charge in [-0.2, -0.15) is 13.2 Å². The molecule has 7 nitrogen and oxygen atoms in total. The normalized spacial score (nSPS) is 16.1. The number of aromatic amines is 2. The number of carbonyl (C=O) groups is 1. The van der Waals surface area contributed by atoms with Gasteiger partial charge in [-0.25, -0.2) is 8.78 Å². The number of benzene rings is 1. The molecule has 0 aliphatic carbocycles. The van der Waals surface area contributed by atoms with Gasteiger partial charge in [-0.3, -0.25) is 14.4 Å². The van der Waals surface area contributed by atoms with Gasteiger partial charge in [-0.15, -0.1) is 0 Å². The number of pyridine rings is 2. The lowest BCUT2D eigenvalue weighted by Gasteiger charge is -2.33. The summed E-state index contributed by atoms with van der Waals surface area (Å²) < 4.78 is 71.5. The molecule has 0 fully saturated rings. The molecule has 1 unspecified atom stereocenters. The number of fused-ring (bicyclic) bond motifs is 3. The summed E-state index contributed by atoms with van der Waals surface area (Å²) in [4.78, 5) is 42.5. The van der Waals surface area contributed by atoms with E-state index in [0.29, 0.717) is 11.6 Å². The lowest BCUT2D eigenvalue weighted by Crippen LogP contribution is -2.38. The molecule has 2 aromatic heterocycles. The molecule has 1 aliphatic rings. The van der Waals surface area contributed by atoms with Gasteiger partial charge in [0.25, 0.3) is 17.0 Å². The zero-order chi connectivity index (χ0) is 23.4. The fourth-order valence-corrected chi connectivity index (χ4v) is 3.70. The maximum atomic E-state index is 13.9. The minimum absolute atomic E-state index is 0.0604. The Bertz CT molecular complexity index is 1360. The minimum Gasteiger partial charge on any atom is -0.373 e. The molecule has 1 aliphatic heterocycles. The number of carbonyl (C=O) groups excluding carboxylic acids is 1. The highest BCUT2D eigenvalue weighted by molar-refractivity contribution is 5.93. The molecule has 2 N–H and O–H groups in total. The summed E-state index contributed by atoms with van der Waals surface area (Å²) in [6.45, 7) is -0.157. The van der Waals surface area contributed by atoms with Gasteiger partial charge in [0.15, 0.2) is 11.6 Å². The molecule has 168 valence electrons. The number of halogens is 5. The van der Waals surface area contributed by atoms with E-state index in [1.165, 1.54) is 7.05 Å². The van der Waals surface area contributed by atoms with E-state index in [9.17, 15) is 36.3 Å². The van der Waals surface area contributed by atoms with Crippen LogP contribution >= 0.6 is 0 Å². The van der Waals surface area contributed by atoms with Gasteiger partial charge in [-0.1, -0.05) is 0 Å². The summed E-state index contributed by atoms with van der Waals surface area (Å²) in [7, 11) is 1.30. The van der Waals surface area contributed by atoms with Crippen molar-refractivity contribution in [3.63, 3.8) is 0 Å². The highest BCUT2D eigenvalue weighted by atomic mass is 19.4. The Morgan fingerprint density at radius 3 is 2.34 bits per heavy atom. The monoisotopic (exact) mass is 455 g/mol. The average Bonchev–Trinajstić information content (AvgIpc) is 2.72. The summed E-state index contributed by atoms with van der Waals surface area (Å²) in [5, 5.41) is -0.0742. The predicted molar refractivity (Wildman–Crippen MR) is 101 cm³/mol. The first kappa shape index (κ1) is 21.7. The molecular weight excluding hydrogens is 441 g/mol. The van der Waals surface area contributed by atoms with E-state index < -0.39 is 52.1 Å². The summed E-state index contributed by atoms with van der Waals surface area (Å²) in [5.41, 5.74) is -3.49. The van der Waals surface area contributed by atoms with Gasteiger partial charge in [0, 0.05) is 18.3 Å². The molecule has 3 heterocycles. The van der Waals surface area contributed by atoms with Crippen LogP contribution in [0.5, 0.6) is 0 Å². The van der Waals surface area contributed by atoms with Gasteiger partial charge in [0.05, 0.1) is 24.6 Å². The Kier molecular flexibility index (Phi) is 5.12. The highest BCUT2D eigenvalue weighted by Gasteiger charge is 2.35. The molecular formula is C20H14F5N3O4. The molecule has 0 saturated heterocycles. The quantitative estimate of drug-likeness (QED) is 0.581. The molecule has 0 radical (unpaired) electrons. The number of likely N-dealkylation sites (N-methyl/N-ethyl adjacent to an activating group) is 1. The van der Waals surface area contributed by atoms with E-state index in [1.807, 2.05) is 4.98 Å². The van der Waals surface area contributed by atoms with Gasteiger partial charge in [-0.05, 0) is 29.7 Å². The van der Waals surface area contributed by atoms with Crippen LogP contribution in [0.3, 0.4) is 0 Å². The Balaban J connectivity index is 1.79. The number of nitrogens with one attached hydrogen (secondary N) is 2. The maximum Gasteiger partial charge on any atom is 0.421 e. The first-order valence-electron chi connectivity index (χ1n) is 9.18. The van der Waals surface area contributed by atoms with E-state index in [-0.39, 0.29) is 29.7 Å². The van der Waals surface area contributed by atoms with Gasteiger partial charge in [0.2, 0.25) is 0 Å². The Hall–Kier alpha value is -3.54. The lowest BCUT2D eigenvalue weighted by atomic mass is 9.95. The summed E-state index contributed by atoms with van der Waals surface area (Å²) in [6, 6.07) is 1.99. The number of amides is 1. The smallest absolute Gasteiger partial charge is 0.373 e. The van der Waals surface area contributed by atoms with Crippen molar-refractivity contribution >= 4 is 16.7 Å². The number of aromatic nitrogens is 2. The van der Waals surface area contributed by atoms with Gasteiger partial charge < -0.3 is 19.6 Å². The van der Waals surface area contributed by atoms with Crippen molar-refractivity contribution in [2.75, 3.05) is 13.7 Å². The molecule has 1 amide bonds. The van der Waals surface area contributed by atoms with Crippen LogP contribution in [0.25, 0.3) is 10.8 Å². The van der Waals surface area contributed by atoms with E-state index in [4.69, 9.17) is 4.74 Å². The van der Waals surface area contributed by atoms with Crippen LogP contribution < -0.4 is 11.1 Å². The van der Waals surface area contributed by atoms with E-state index in [0.717, 1.165) is 23.1 Å². The van der Waals surface area contributed by atoms with Crippen molar-refractivity contribution in [1.29, 1.82) is 0 Å². The second-order valence-corrected chi connectivity index (χ2v) is 7.22. The number of hydrogen-bond acceptors (Lipinski definition) is 4. The molecule has 1 atom stereocenters. The van der Waals surface area contributed by atoms with Crippen LogP contribution in [0, 0.1) is 11.6 Å². The van der Waals surface area contributed by atoms with Crippen LogP contribution in [0.4, 0.5) is 22.0 Å². The van der Waals surface area contributed by atoms with Crippen LogP contribution in [0.15, 0.2) is 33.9 Å². The summed E-state index contributed by atoms with van der Waals surface area (Å²) >= 11 is 0. The Labute approximate surface area is 175 Å². The van der Waals surface area contributed by atoms with Crippen LogP contribution in [-0.2, 0) is 17.5 Å². The van der Waals surface area contributed by atoms with Crippen molar-refractivity contribution in [1.82, 2.24) is 14.9 Å². The van der Waals surface area contributed by atoms with Crippen LogP contribution in [-0.4, -0.2) is 34.4 Å². The topological polar surface area (TPSA) is 95.3 Å². The van der Waals surface area contributed by atoms with Crippen LogP contribution in [0.2, 0.25) is 0 Å². The average molecular weight is 455 g/mol. The molecule has 1 aromatic carbocycles. The maximum absolute atomic E-state index is 13.9. The standard InChI is InChI=1S/C20H14F5N3O4/c1-28(19(31)13-3-2-10(18(30)26-13)20(23,24)25)15-7-32-6-14-16(15)8-4-11(21)12(22)5-9(8)17(29)27-14/h2-5,15H,6-7H2,1H3,(H,26,30)(H,27,29). The first-order valence-corrected chi connectivity index (χ1v) is 9.18. The lowest BCUT2D eigenvalue weighted by molar-refractivity contribution is -0.138. The number of ether oxygens (including phenoxy) is 1. The number of alkyl halides is 3. The van der Waals surface area contributed by atoms with Gasteiger partial charge in [0.1, 0.15) is 11.3 Å². The third-order valence-corrected chi connectivity index (χ3v) is 5.27. The van der Waals surface area contributed by atoms with E-state index in [1.54, 1.807) is 0 Å². The predicted octanol–water partition coefficient (Wildman–Crippen LogP) is 2.86. The minimum atomic E-state index is -4.89. The van der Waals surface area contributed by atoms with Crippen molar-refractivity contribution in [2.24, 2.45) is 0 Å². The fraction of sp³-hybridized carbons (Fsp3) is 0.250. The number of rotatable bonds is 2. The molecule has 0 bridgehead atoms. The number of nitrogens with zero attached hydrogens (tertiary/aromatic N) is 1. The van der Waals surface area contributed by atoms with Crippen molar-refractivity contribution in [3.05, 3.63) is 79.1 Å². The second-order valence-electron chi connectivity index (χ2n) is 7.22. The second kappa shape index (κ2) is 7.55. The fourth-order valence-electron chi connectivity index (χ4n) is 3.70. The first-order chi connectivity index (χ1) is 15.0. The molecule has 0 saturated carbocycles. The van der Waals surface area contributed by atoms with Crippen molar-refractivity contribution < 1.29 is 31.5 Å². The number of hydrogen-bond donors (Lipinski definition) is 2. The van der Waals surface area contributed by atoms with Crippen molar-refractivity contribution in [3.8, 4) is 0 Å². The molecule has 3 aromatic rings. The van der Waals surface area contributed by atoms with E-state index >= 15 is 0 Å². The Morgan fingerprint density at radius 1 is 1.06 bits per heavy atom. The number of H-pyrrole nitrogens is 2. The molecule has 32 heavy (non-hydrogen) atoms. The largest absolute Gasteiger partial charge is 0.421 e. The molecule has 0 spiro atoms. The SMILES string of the molecule is CN(C(=O)c1ccc(C(F)(F)F)c(=O)[nH]1)C1COCc2[nH]c(=O)c3cc(F)c(F)cc3c21. The zero-order valence-electron chi connectivity index (χ0n) is 16.3. The summed E-state index contributed by atoms with van der Waals surface area (Å²) in [5.74, 6) is -3.27. The van der Waals surface area contributed by atoms with E-state index in [2.05, 4.69) is 4.98 Å². The zero-order valence-corrected chi connectivity index (χ0v) is 16.3. The highest BCUT2D eigenvalue weighted by Crippen LogP contribution is 2.34. The third kappa shape index (κ3) is 3.55. The third-order valence-electron chi connectivity index (χ3n) is 5.27. The Morgan fingerprint density at radius 2 is 1.72 bits per heavy atom. The van der Waals surface area contributed by atoms with Crippen LogP contribution in [0.1, 0.15) is 33.4 Å². The summed E-state index contributed by atoms with van der Waals surface area (Å²) in [6.07, 6.45) is -4.89. The molecule has 4 rings (SSSR count). The van der Waals surface area contributed by atoms with Crippen molar-refractivity contribution in [2.45, 2.75) is 18.8 Å². The van der Waals surface area contributed by atoms with Gasteiger partial charge >= 0.3 is 6.18 Å².